The number of hydrogen-bond acceptors (Lipinski definition) is 4. The van der Waals surface area contributed by atoms with E-state index in [-0.39, 0.29) is 11.8 Å². The number of piperazine rings is 1. The summed E-state index contributed by atoms with van der Waals surface area (Å²) in [4.78, 5) is 35.5. The average Bonchev–Trinajstić information content (AvgIpc) is 3.16. The molecule has 0 aliphatic carbocycles. The van der Waals surface area contributed by atoms with Gasteiger partial charge in [0.2, 0.25) is 11.8 Å². The predicted molar refractivity (Wildman–Crippen MR) is 108 cm³/mol. The van der Waals surface area contributed by atoms with Crippen LogP contribution in [0.3, 0.4) is 0 Å². The van der Waals surface area contributed by atoms with Crippen LogP contribution >= 0.6 is 0 Å². The van der Waals surface area contributed by atoms with Gasteiger partial charge in [0.25, 0.3) is 0 Å². The molecule has 2 aromatic rings. The monoisotopic (exact) mass is 383 g/mol. The first-order valence-electron chi connectivity index (χ1n) is 10.4. The summed E-state index contributed by atoms with van der Waals surface area (Å²) in [6.07, 6.45) is 5.77. The van der Waals surface area contributed by atoms with E-state index in [2.05, 4.69) is 9.88 Å². The van der Waals surface area contributed by atoms with Crippen LogP contribution in [0.2, 0.25) is 0 Å². The van der Waals surface area contributed by atoms with Gasteiger partial charge in [0.05, 0.1) is 23.9 Å². The highest BCUT2D eigenvalue weighted by Gasteiger charge is 2.24. The van der Waals surface area contributed by atoms with E-state index < -0.39 is 0 Å². The van der Waals surface area contributed by atoms with E-state index in [0.717, 1.165) is 50.1 Å². The number of carbonyl (C=O) groups excluding carboxylic acids is 2. The van der Waals surface area contributed by atoms with E-state index in [1.807, 2.05) is 45.0 Å². The standard InChI is InChI=1S/C21H29N5O2/c27-20(8-11-26-17-22-18-6-2-3-7-19(18)26)25-14-12-23(13-15-25)16-21(28)24-9-4-1-5-10-24/h2-3,6-7,17H,1,4-5,8-16H2. The molecule has 2 aliphatic heterocycles. The summed E-state index contributed by atoms with van der Waals surface area (Å²) in [5.74, 6) is 0.422. The molecule has 0 radical (unpaired) electrons. The maximum atomic E-state index is 12.6. The largest absolute Gasteiger partial charge is 0.342 e. The molecule has 0 spiro atoms. The molecular formula is C21H29N5O2. The molecule has 0 bridgehead atoms. The first kappa shape index (κ1) is 18.9. The van der Waals surface area contributed by atoms with Crippen molar-refractivity contribution in [2.45, 2.75) is 32.2 Å². The molecule has 3 heterocycles. The second-order valence-corrected chi connectivity index (χ2v) is 7.78. The lowest BCUT2D eigenvalue weighted by Crippen LogP contribution is -2.52. The first-order chi connectivity index (χ1) is 13.7. The Labute approximate surface area is 165 Å². The van der Waals surface area contributed by atoms with Crippen LogP contribution in [0.15, 0.2) is 30.6 Å². The van der Waals surface area contributed by atoms with Crippen molar-refractivity contribution in [2.24, 2.45) is 0 Å². The molecule has 2 fully saturated rings. The second-order valence-electron chi connectivity index (χ2n) is 7.78. The number of benzene rings is 1. The van der Waals surface area contributed by atoms with Gasteiger partial charge in [-0.2, -0.15) is 0 Å². The van der Waals surface area contributed by atoms with Crippen molar-refractivity contribution in [3.8, 4) is 0 Å². The molecule has 2 aliphatic rings. The summed E-state index contributed by atoms with van der Waals surface area (Å²) < 4.78 is 2.04. The smallest absolute Gasteiger partial charge is 0.236 e. The summed E-state index contributed by atoms with van der Waals surface area (Å²) in [5, 5.41) is 0. The van der Waals surface area contributed by atoms with Crippen molar-refractivity contribution in [2.75, 3.05) is 45.8 Å². The zero-order valence-electron chi connectivity index (χ0n) is 16.4. The van der Waals surface area contributed by atoms with Gasteiger partial charge in [-0.15, -0.1) is 0 Å². The van der Waals surface area contributed by atoms with Crippen LogP contribution in [0.25, 0.3) is 11.0 Å². The number of fused-ring (bicyclic) bond motifs is 1. The van der Waals surface area contributed by atoms with Crippen molar-refractivity contribution in [3.05, 3.63) is 30.6 Å². The van der Waals surface area contributed by atoms with Crippen LogP contribution in [-0.4, -0.2) is 81.9 Å². The molecule has 0 saturated carbocycles. The number of nitrogens with zero attached hydrogens (tertiary/aromatic N) is 5. The number of carbonyl (C=O) groups is 2. The van der Waals surface area contributed by atoms with Crippen molar-refractivity contribution in [1.29, 1.82) is 0 Å². The van der Waals surface area contributed by atoms with Gasteiger partial charge in [-0.05, 0) is 31.4 Å². The number of likely N-dealkylation sites (tertiary alicyclic amines) is 1. The van der Waals surface area contributed by atoms with Crippen molar-refractivity contribution < 1.29 is 9.59 Å². The van der Waals surface area contributed by atoms with Gasteiger partial charge in [0.15, 0.2) is 0 Å². The molecule has 28 heavy (non-hydrogen) atoms. The van der Waals surface area contributed by atoms with Crippen molar-refractivity contribution in [3.63, 3.8) is 0 Å². The lowest BCUT2D eigenvalue weighted by molar-refractivity contribution is -0.135. The van der Waals surface area contributed by atoms with Gasteiger partial charge in [-0.3, -0.25) is 14.5 Å². The number of rotatable bonds is 5. The predicted octanol–water partition coefficient (Wildman–Crippen LogP) is 1.58. The molecule has 0 unspecified atom stereocenters. The lowest BCUT2D eigenvalue weighted by atomic mass is 10.1. The Balaban J connectivity index is 1.22. The number of piperidine rings is 1. The van der Waals surface area contributed by atoms with Crippen LogP contribution in [0.4, 0.5) is 0 Å². The molecule has 150 valence electrons. The molecule has 2 amide bonds. The summed E-state index contributed by atoms with van der Waals surface area (Å²) >= 11 is 0. The zero-order chi connectivity index (χ0) is 19.3. The van der Waals surface area contributed by atoms with E-state index in [4.69, 9.17) is 0 Å². The number of hydrogen-bond donors (Lipinski definition) is 0. The summed E-state index contributed by atoms with van der Waals surface area (Å²) in [6.45, 7) is 5.91. The first-order valence-corrected chi connectivity index (χ1v) is 10.4. The van der Waals surface area contributed by atoms with Crippen LogP contribution in [-0.2, 0) is 16.1 Å². The average molecular weight is 383 g/mol. The minimum Gasteiger partial charge on any atom is -0.342 e. The van der Waals surface area contributed by atoms with E-state index in [1.54, 1.807) is 0 Å². The van der Waals surface area contributed by atoms with Gasteiger partial charge >= 0.3 is 0 Å². The number of imidazole rings is 1. The van der Waals surface area contributed by atoms with Crippen molar-refractivity contribution >= 4 is 22.8 Å². The van der Waals surface area contributed by atoms with Crippen LogP contribution < -0.4 is 0 Å². The lowest BCUT2D eigenvalue weighted by Gasteiger charge is -2.36. The van der Waals surface area contributed by atoms with E-state index in [9.17, 15) is 9.59 Å². The Morgan fingerprint density at radius 3 is 2.36 bits per heavy atom. The molecule has 0 atom stereocenters. The normalized spacial score (nSPS) is 18.6. The quantitative estimate of drug-likeness (QED) is 0.787. The fourth-order valence-corrected chi connectivity index (χ4v) is 4.15. The Bertz CT molecular complexity index is 819. The highest BCUT2D eigenvalue weighted by molar-refractivity contribution is 5.79. The molecule has 1 aromatic carbocycles. The van der Waals surface area contributed by atoms with Gasteiger partial charge < -0.3 is 14.4 Å². The van der Waals surface area contributed by atoms with E-state index in [0.29, 0.717) is 32.6 Å². The summed E-state index contributed by atoms with van der Waals surface area (Å²) in [6, 6.07) is 7.98. The van der Waals surface area contributed by atoms with E-state index >= 15 is 0 Å². The molecular weight excluding hydrogens is 354 g/mol. The SMILES string of the molecule is O=C(CCn1cnc2ccccc21)N1CCN(CC(=O)N2CCCCC2)CC1. The maximum absolute atomic E-state index is 12.6. The highest BCUT2D eigenvalue weighted by atomic mass is 16.2. The van der Waals surface area contributed by atoms with Gasteiger partial charge in [0.1, 0.15) is 0 Å². The Hall–Kier alpha value is -2.41. The molecule has 2 saturated heterocycles. The maximum Gasteiger partial charge on any atom is 0.236 e. The molecule has 7 heteroatoms. The molecule has 4 rings (SSSR count). The highest BCUT2D eigenvalue weighted by Crippen LogP contribution is 2.13. The topological polar surface area (TPSA) is 61.7 Å². The van der Waals surface area contributed by atoms with Gasteiger partial charge in [-0.25, -0.2) is 4.98 Å². The Morgan fingerprint density at radius 2 is 1.57 bits per heavy atom. The Kier molecular flexibility index (Phi) is 5.90. The molecule has 0 N–H and O–H groups in total. The number of aromatic nitrogens is 2. The fraction of sp³-hybridized carbons (Fsp3) is 0.571. The van der Waals surface area contributed by atoms with Crippen LogP contribution in [0.5, 0.6) is 0 Å². The van der Waals surface area contributed by atoms with Gasteiger partial charge in [-0.1, -0.05) is 12.1 Å². The number of amides is 2. The van der Waals surface area contributed by atoms with Crippen LogP contribution in [0, 0.1) is 0 Å². The molecule has 1 aromatic heterocycles. The van der Waals surface area contributed by atoms with Gasteiger partial charge in [0, 0.05) is 52.2 Å². The summed E-state index contributed by atoms with van der Waals surface area (Å²) in [5.41, 5.74) is 2.03. The molecule has 7 nitrogen and oxygen atoms in total. The zero-order valence-corrected chi connectivity index (χ0v) is 16.4. The number of aryl methyl sites for hydroxylation is 1. The minimum absolute atomic E-state index is 0.180. The van der Waals surface area contributed by atoms with Crippen LogP contribution in [0.1, 0.15) is 25.7 Å². The Morgan fingerprint density at radius 1 is 0.857 bits per heavy atom. The van der Waals surface area contributed by atoms with E-state index in [1.165, 1.54) is 6.42 Å². The summed E-state index contributed by atoms with van der Waals surface area (Å²) in [7, 11) is 0. The fourth-order valence-electron chi connectivity index (χ4n) is 4.15. The number of para-hydroxylation sites is 2. The minimum atomic E-state index is 0.180. The second kappa shape index (κ2) is 8.73. The third-order valence-corrected chi connectivity index (χ3v) is 5.89. The van der Waals surface area contributed by atoms with Crippen molar-refractivity contribution in [1.82, 2.24) is 24.3 Å². The third-order valence-electron chi connectivity index (χ3n) is 5.89. The third kappa shape index (κ3) is 4.35.